The predicted octanol–water partition coefficient (Wildman–Crippen LogP) is 0.0419. The number of methoxy groups -OCH3 is 1. The van der Waals surface area contributed by atoms with E-state index < -0.39 is 38.8 Å². The zero-order valence-electron chi connectivity index (χ0n) is 8.99. The molecule has 0 aliphatic heterocycles. The van der Waals surface area contributed by atoms with E-state index in [2.05, 4.69) is 4.74 Å². The van der Waals surface area contributed by atoms with Crippen molar-refractivity contribution in [1.82, 2.24) is 0 Å². The minimum absolute atomic E-state index is 0.0406. The molecule has 2 unspecified atom stereocenters. The van der Waals surface area contributed by atoms with E-state index in [4.69, 9.17) is 9.66 Å². The highest BCUT2D eigenvalue weighted by atomic mass is 32.2. The first kappa shape index (κ1) is 13.7. The summed E-state index contributed by atoms with van der Waals surface area (Å²) in [6, 6.07) is 0. The molecule has 0 aromatic rings. The molecule has 8 heteroatoms. The monoisotopic (exact) mass is 264 g/mol. The van der Waals surface area contributed by atoms with Crippen molar-refractivity contribution < 1.29 is 32.4 Å². The molecule has 0 amide bonds. The number of hydrogen-bond donors (Lipinski definition) is 2. The van der Waals surface area contributed by atoms with Crippen molar-refractivity contribution >= 4 is 22.1 Å². The maximum absolute atomic E-state index is 11.3. The summed E-state index contributed by atoms with van der Waals surface area (Å²) >= 11 is 0. The third-order valence-electron chi connectivity index (χ3n) is 2.56. The fourth-order valence-corrected chi connectivity index (χ4v) is 2.44. The van der Waals surface area contributed by atoms with Crippen molar-refractivity contribution in [1.29, 1.82) is 0 Å². The van der Waals surface area contributed by atoms with Gasteiger partial charge in [-0.1, -0.05) is 6.08 Å². The summed E-state index contributed by atoms with van der Waals surface area (Å²) in [4.78, 5) is 21.6. The van der Waals surface area contributed by atoms with Crippen LogP contribution in [0.2, 0.25) is 0 Å². The average Bonchev–Trinajstić information content (AvgIpc) is 2.26. The van der Waals surface area contributed by atoms with Crippen molar-refractivity contribution in [2.45, 2.75) is 12.8 Å². The third kappa shape index (κ3) is 3.27. The lowest BCUT2D eigenvalue weighted by molar-refractivity contribution is -0.146. The van der Waals surface area contributed by atoms with Crippen LogP contribution in [0.3, 0.4) is 0 Å². The Morgan fingerprint density at radius 1 is 1.47 bits per heavy atom. The van der Waals surface area contributed by atoms with Crippen LogP contribution in [0.25, 0.3) is 0 Å². The lowest BCUT2D eigenvalue weighted by Crippen LogP contribution is -2.28. The molecule has 0 saturated carbocycles. The summed E-state index contributed by atoms with van der Waals surface area (Å²) in [6.45, 7) is 0. The highest BCUT2D eigenvalue weighted by Crippen LogP contribution is 2.31. The van der Waals surface area contributed by atoms with Gasteiger partial charge in [0.1, 0.15) is 0 Å². The smallest absolute Gasteiger partial charge is 0.312 e. The van der Waals surface area contributed by atoms with Gasteiger partial charge < -0.3 is 9.84 Å². The minimum atomic E-state index is -4.48. The molecule has 2 atom stereocenters. The van der Waals surface area contributed by atoms with Crippen molar-refractivity contribution in [3.8, 4) is 0 Å². The van der Waals surface area contributed by atoms with E-state index in [1.165, 1.54) is 0 Å². The molecule has 0 aromatic heterocycles. The van der Waals surface area contributed by atoms with Crippen LogP contribution in [0.5, 0.6) is 0 Å². The third-order valence-corrected chi connectivity index (χ3v) is 3.52. The highest BCUT2D eigenvalue weighted by molar-refractivity contribution is 7.89. The number of rotatable bonds is 3. The maximum atomic E-state index is 11.3. The molecule has 1 aliphatic carbocycles. The molecule has 0 saturated heterocycles. The molecule has 2 N–H and O–H groups in total. The molecule has 96 valence electrons. The van der Waals surface area contributed by atoms with Gasteiger partial charge in [-0.15, -0.1) is 0 Å². The van der Waals surface area contributed by atoms with Crippen LogP contribution in [-0.2, 0) is 24.4 Å². The van der Waals surface area contributed by atoms with Crippen LogP contribution in [0.4, 0.5) is 0 Å². The van der Waals surface area contributed by atoms with E-state index in [0.29, 0.717) is 0 Å². The van der Waals surface area contributed by atoms with Gasteiger partial charge in [0.2, 0.25) is 0 Å². The number of carbonyl (C=O) groups is 2. The second kappa shape index (κ2) is 4.84. The predicted molar refractivity (Wildman–Crippen MR) is 55.5 cm³/mol. The van der Waals surface area contributed by atoms with E-state index in [1.54, 1.807) is 0 Å². The Bertz CT molecular complexity index is 462. The number of carboxylic acids is 1. The second-order valence-corrected chi connectivity index (χ2v) is 5.19. The van der Waals surface area contributed by atoms with Crippen LogP contribution >= 0.6 is 0 Å². The zero-order chi connectivity index (χ0) is 13.2. The molecule has 0 spiro atoms. The number of ether oxygens (including phenoxy) is 1. The molecular weight excluding hydrogens is 252 g/mol. The quantitative estimate of drug-likeness (QED) is 0.545. The standard InChI is InChI=1S/C9H12O7S/c1-16-9(12)6-2-5(8(10)11)3-7(4-6)17(13,14)15/h4-6H,2-3H2,1H3,(H,10,11)(H,13,14,15). The second-order valence-electron chi connectivity index (χ2n) is 3.71. The van der Waals surface area contributed by atoms with Crippen LogP contribution < -0.4 is 0 Å². The van der Waals surface area contributed by atoms with Crippen molar-refractivity contribution in [3.05, 3.63) is 11.0 Å². The first-order valence-corrected chi connectivity index (χ1v) is 6.18. The van der Waals surface area contributed by atoms with E-state index >= 15 is 0 Å². The summed E-state index contributed by atoms with van der Waals surface area (Å²) in [5.41, 5.74) is 0. The van der Waals surface area contributed by atoms with E-state index in [1.807, 2.05) is 0 Å². The summed E-state index contributed by atoms with van der Waals surface area (Å²) in [7, 11) is -3.36. The number of hydrogen-bond acceptors (Lipinski definition) is 5. The summed E-state index contributed by atoms with van der Waals surface area (Å²) in [5, 5.41) is 8.84. The average molecular weight is 264 g/mol. The van der Waals surface area contributed by atoms with E-state index in [0.717, 1.165) is 13.2 Å². The van der Waals surface area contributed by atoms with E-state index in [9.17, 15) is 18.0 Å². The minimum Gasteiger partial charge on any atom is -0.481 e. The van der Waals surface area contributed by atoms with E-state index in [-0.39, 0.29) is 12.8 Å². The van der Waals surface area contributed by atoms with Crippen molar-refractivity contribution in [2.75, 3.05) is 7.11 Å². The van der Waals surface area contributed by atoms with Crippen LogP contribution in [0.1, 0.15) is 12.8 Å². The molecule has 7 nitrogen and oxygen atoms in total. The van der Waals surface area contributed by atoms with Gasteiger partial charge >= 0.3 is 11.9 Å². The Morgan fingerprint density at radius 3 is 2.47 bits per heavy atom. The van der Waals surface area contributed by atoms with Gasteiger partial charge in [0.15, 0.2) is 0 Å². The molecule has 0 radical (unpaired) electrons. The van der Waals surface area contributed by atoms with Gasteiger partial charge in [0, 0.05) is 0 Å². The van der Waals surface area contributed by atoms with Crippen molar-refractivity contribution in [3.63, 3.8) is 0 Å². The summed E-state index contributed by atoms with van der Waals surface area (Å²) < 4.78 is 35.2. The van der Waals surface area contributed by atoms with Crippen LogP contribution in [0.15, 0.2) is 11.0 Å². The molecule has 0 bridgehead atoms. The topological polar surface area (TPSA) is 118 Å². The van der Waals surface area contributed by atoms with Gasteiger partial charge in [-0.2, -0.15) is 8.42 Å². The molecule has 1 rings (SSSR count). The van der Waals surface area contributed by atoms with Crippen LogP contribution in [0, 0.1) is 11.8 Å². The molecule has 17 heavy (non-hydrogen) atoms. The van der Waals surface area contributed by atoms with Gasteiger partial charge in [0.05, 0.1) is 23.9 Å². The lowest BCUT2D eigenvalue weighted by Gasteiger charge is -2.23. The number of carbonyl (C=O) groups excluding carboxylic acids is 1. The Labute approximate surface area is 97.8 Å². The number of esters is 1. The first-order valence-electron chi connectivity index (χ1n) is 4.74. The molecular formula is C9H12O7S. The highest BCUT2D eigenvalue weighted by Gasteiger charge is 2.35. The Balaban J connectivity index is 3.09. The fourth-order valence-electron chi connectivity index (χ4n) is 1.69. The fraction of sp³-hybridized carbons (Fsp3) is 0.556. The number of carboxylic acid groups (broad SMARTS) is 1. The molecule has 0 aromatic carbocycles. The normalized spacial score (nSPS) is 24.9. The Morgan fingerprint density at radius 2 is 2.06 bits per heavy atom. The van der Waals surface area contributed by atoms with Gasteiger partial charge in [0.25, 0.3) is 10.1 Å². The van der Waals surface area contributed by atoms with Gasteiger partial charge in [-0.3, -0.25) is 14.1 Å². The SMILES string of the molecule is COC(=O)C1C=C(S(=O)(=O)O)CC(C(=O)O)C1. The number of allylic oxidation sites excluding steroid dienone is 1. The Kier molecular flexibility index (Phi) is 3.89. The lowest BCUT2D eigenvalue weighted by atomic mass is 9.86. The summed E-state index contributed by atoms with van der Waals surface area (Å²) in [6.07, 6.45) is 0.684. The molecule has 1 aliphatic rings. The Hall–Kier alpha value is -1.41. The number of aliphatic carboxylic acids is 1. The van der Waals surface area contributed by atoms with Gasteiger partial charge in [-0.05, 0) is 12.8 Å². The van der Waals surface area contributed by atoms with Crippen molar-refractivity contribution in [2.24, 2.45) is 11.8 Å². The first-order chi connectivity index (χ1) is 7.75. The molecule has 0 heterocycles. The maximum Gasteiger partial charge on any atom is 0.312 e. The summed E-state index contributed by atoms with van der Waals surface area (Å²) in [5.74, 6) is -3.93. The largest absolute Gasteiger partial charge is 0.481 e. The molecule has 0 fully saturated rings. The van der Waals surface area contributed by atoms with Gasteiger partial charge in [-0.25, -0.2) is 0 Å². The van der Waals surface area contributed by atoms with Crippen LogP contribution in [-0.4, -0.2) is 37.1 Å². The zero-order valence-corrected chi connectivity index (χ0v) is 9.81.